The third-order valence-corrected chi connectivity index (χ3v) is 4.96. The van der Waals surface area contributed by atoms with Gasteiger partial charge in [0.15, 0.2) is 5.82 Å². The van der Waals surface area contributed by atoms with E-state index < -0.39 is 5.54 Å². The predicted octanol–water partition coefficient (Wildman–Crippen LogP) is 4.38. The van der Waals surface area contributed by atoms with E-state index in [2.05, 4.69) is 42.0 Å². The van der Waals surface area contributed by atoms with Crippen LogP contribution < -0.4 is 5.73 Å². The van der Waals surface area contributed by atoms with E-state index in [-0.39, 0.29) is 0 Å². The molecule has 0 saturated heterocycles. The van der Waals surface area contributed by atoms with Gasteiger partial charge in [0.2, 0.25) is 0 Å². The molecule has 1 aromatic heterocycles. The maximum Gasteiger partial charge on any atom is 0.259 e. The summed E-state index contributed by atoms with van der Waals surface area (Å²) in [7, 11) is 0. The number of nitrogens with two attached hydrogens (primary N) is 1. The van der Waals surface area contributed by atoms with Crippen LogP contribution in [-0.2, 0) is 5.54 Å². The monoisotopic (exact) mass is 399 g/mol. The van der Waals surface area contributed by atoms with E-state index in [4.69, 9.17) is 10.3 Å². The topological polar surface area (TPSA) is 64.9 Å². The minimum atomic E-state index is -0.432. The first-order valence-electron chi connectivity index (χ1n) is 6.67. The lowest BCUT2D eigenvalue weighted by Crippen LogP contribution is -2.39. The Labute approximate surface area is 134 Å². The Balaban J connectivity index is 1.95. The summed E-state index contributed by atoms with van der Waals surface area (Å²) in [6.45, 7) is 0. The van der Waals surface area contributed by atoms with Gasteiger partial charge in [0.1, 0.15) is 0 Å². The highest BCUT2D eigenvalue weighted by atomic mass is 79.9. The molecule has 0 amide bonds. The van der Waals surface area contributed by atoms with Crippen LogP contribution in [0.25, 0.3) is 11.5 Å². The average Bonchev–Trinajstić information content (AvgIpc) is 2.93. The lowest BCUT2D eigenvalue weighted by Gasteiger charge is -2.29. The Morgan fingerprint density at radius 2 is 1.90 bits per heavy atom. The lowest BCUT2D eigenvalue weighted by molar-refractivity contribution is 0.275. The molecule has 1 saturated carbocycles. The third kappa shape index (κ3) is 2.69. The number of benzene rings is 1. The predicted molar refractivity (Wildman–Crippen MR) is 84.1 cm³/mol. The summed E-state index contributed by atoms with van der Waals surface area (Å²) in [4.78, 5) is 4.52. The summed E-state index contributed by atoms with van der Waals surface area (Å²) in [5, 5.41) is 4.11. The molecular formula is C14H15Br2N3O. The number of hydrogen-bond donors (Lipinski definition) is 1. The number of rotatable bonds is 2. The lowest BCUT2D eigenvalue weighted by atomic mass is 9.82. The molecule has 20 heavy (non-hydrogen) atoms. The Hall–Kier alpha value is -0.720. The molecule has 6 heteroatoms. The molecule has 1 aliphatic rings. The average molecular weight is 401 g/mol. The fourth-order valence-corrected chi connectivity index (χ4v) is 3.38. The molecule has 4 nitrogen and oxygen atoms in total. The van der Waals surface area contributed by atoms with E-state index in [9.17, 15) is 0 Å². The van der Waals surface area contributed by atoms with E-state index in [1.54, 1.807) is 0 Å². The molecule has 0 radical (unpaired) electrons. The molecular weight excluding hydrogens is 386 g/mol. The highest BCUT2D eigenvalue weighted by Crippen LogP contribution is 2.35. The van der Waals surface area contributed by atoms with E-state index in [1.807, 2.05) is 18.2 Å². The van der Waals surface area contributed by atoms with E-state index >= 15 is 0 Å². The summed E-state index contributed by atoms with van der Waals surface area (Å²) in [6.07, 6.45) is 5.33. The molecule has 0 spiro atoms. The third-order valence-electron chi connectivity index (χ3n) is 3.78. The maximum atomic E-state index is 6.43. The van der Waals surface area contributed by atoms with Gasteiger partial charge in [-0.2, -0.15) is 4.98 Å². The molecule has 2 N–H and O–H groups in total. The van der Waals surface area contributed by atoms with Crippen LogP contribution in [0.3, 0.4) is 0 Å². The van der Waals surface area contributed by atoms with Crippen LogP contribution in [0.1, 0.15) is 37.9 Å². The zero-order chi connectivity index (χ0) is 14.2. The zero-order valence-corrected chi connectivity index (χ0v) is 14.1. The van der Waals surface area contributed by atoms with Gasteiger partial charge in [0.25, 0.3) is 5.89 Å². The van der Waals surface area contributed by atoms with Crippen molar-refractivity contribution in [2.45, 2.75) is 37.6 Å². The molecule has 2 aromatic rings. The molecule has 0 unspecified atom stereocenters. The van der Waals surface area contributed by atoms with Crippen molar-refractivity contribution in [3.05, 3.63) is 33.0 Å². The van der Waals surface area contributed by atoms with Gasteiger partial charge in [-0.05, 0) is 47.0 Å². The van der Waals surface area contributed by atoms with Crippen LogP contribution >= 0.6 is 31.9 Å². The summed E-state index contributed by atoms with van der Waals surface area (Å²) in [5.41, 5.74) is 6.87. The van der Waals surface area contributed by atoms with Crippen molar-refractivity contribution in [1.82, 2.24) is 10.1 Å². The Morgan fingerprint density at radius 1 is 1.15 bits per heavy atom. The van der Waals surface area contributed by atoms with Gasteiger partial charge in [0.05, 0.1) is 11.1 Å². The molecule has 1 aliphatic carbocycles. The first-order valence-corrected chi connectivity index (χ1v) is 8.26. The second-order valence-electron chi connectivity index (χ2n) is 5.26. The zero-order valence-electron chi connectivity index (χ0n) is 10.9. The normalized spacial score (nSPS) is 18.1. The first kappa shape index (κ1) is 14.2. The fraction of sp³-hybridized carbons (Fsp3) is 0.429. The molecule has 106 valence electrons. The van der Waals surface area contributed by atoms with Gasteiger partial charge in [-0.1, -0.05) is 40.3 Å². The van der Waals surface area contributed by atoms with Crippen molar-refractivity contribution in [2.24, 2.45) is 5.73 Å². The number of nitrogens with zero attached hydrogens (tertiary/aromatic N) is 2. The van der Waals surface area contributed by atoms with Crippen molar-refractivity contribution in [1.29, 1.82) is 0 Å². The van der Waals surface area contributed by atoms with Gasteiger partial charge < -0.3 is 10.3 Å². The van der Waals surface area contributed by atoms with Crippen molar-refractivity contribution in [2.75, 3.05) is 0 Å². The second kappa shape index (κ2) is 5.58. The highest BCUT2D eigenvalue weighted by Gasteiger charge is 2.34. The minimum absolute atomic E-state index is 0.432. The highest BCUT2D eigenvalue weighted by molar-refractivity contribution is 9.11. The largest absolute Gasteiger partial charge is 0.334 e. The molecule has 0 atom stereocenters. The fourth-order valence-electron chi connectivity index (χ4n) is 2.60. The molecule has 1 aromatic carbocycles. The summed E-state index contributed by atoms with van der Waals surface area (Å²) < 4.78 is 7.30. The molecule has 0 aliphatic heterocycles. The van der Waals surface area contributed by atoms with Crippen molar-refractivity contribution in [3.8, 4) is 11.5 Å². The van der Waals surface area contributed by atoms with Crippen LogP contribution in [0, 0.1) is 0 Å². The molecule has 0 bridgehead atoms. The summed E-state index contributed by atoms with van der Waals surface area (Å²) in [5.74, 6) is 1.13. The van der Waals surface area contributed by atoms with E-state index in [0.29, 0.717) is 11.7 Å². The summed E-state index contributed by atoms with van der Waals surface area (Å²) in [6, 6.07) is 5.85. The molecule has 3 rings (SSSR count). The van der Waals surface area contributed by atoms with Gasteiger partial charge in [-0.25, -0.2) is 0 Å². The second-order valence-corrected chi connectivity index (χ2v) is 7.03. The maximum absolute atomic E-state index is 6.43. The standard InChI is InChI=1S/C14H15Br2N3O/c15-9-4-5-11(16)10(8-9)12-18-13(19-20-12)14(17)6-2-1-3-7-14/h4-5,8H,1-3,6-7,17H2. The SMILES string of the molecule is NC1(c2noc(-c3cc(Br)ccc3Br)n2)CCCCC1. The van der Waals surface area contributed by atoms with Gasteiger partial charge in [0, 0.05) is 8.95 Å². The van der Waals surface area contributed by atoms with Crippen molar-refractivity contribution < 1.29 is 4.52 Å². The smallest absolute Gasteiger partial charge is 0.259 e. The molecule has 1 fully saturated rings. The Kier molecular flexibility index (Phi) is 3.97. The van der Waals surface area contributed by atoms with Crippen LogP contribution in [0.15, 0.2) is 31.7 Å². The van der Waals surface area contributed by atoms with Gasteiger partial charge >= 0.3 is 0 Å². The van der Waals surface area contributed by atoms with Crippen LogP contribution in [0.2, 0.25) is 0 Å². The van der Waals surface area contributed by atoms with E-state index in [1.165, 1.54) is 6.42 Å². The van der Waals surface area contributed by atoms with Crippen molar-refractivity contribution >= 4 is 31.9 Å². The van der Waals surface area contributed by atoms with Crippen LogP contribution in [0.4, 0.5) is 0 Å². The molecule has 1 heterocycles. The summed E-state index contributed by atoms with van der Waals surface area (Å²) >= 11 is 6.96. The number of halogens is 2. The van der Waals surface area contributed by atoms with E-state index in [0.717, 1.165) is 40.2 Å². The Morgan fingerprint density at radius 3 is 2.65 bits per heavy atom. The van der Waals surface area contributed by atoms with Gasteiger partial charge in [-0.15, -0.1) is 0 Å². The van der Waals surface area contributed by atoms with Crippen LogP contribution in [-0.4, -0.2) is 10.1 Å². The number of hydrogen-bond acceptors (Lipinski definition) is 4. The number of aromatic nitrogens is 2. The van der Waals surface area contributed by atoms with Gasteiger partial charge in [-0.3, -0.25) is 0 Å². The minimum Gasteiger partial charge on any atom is -0.334 e. The first-order chi connectivity index (χ1) is 9.58. The van der Waals surface area contributed by atoms with Crippen LogP contribution in [0.5, 0.6) is 0 Å². The van der Waals surface area contributed by atoms with Crippen molar-refractivity contribution in [3.63, 3.8) is 0 Å². The quantitative estimate of drug-likeness (QED) is 0.812. The Bertz CT molecular complexity index is 621.